The summed E-state index contributed by atoms with van der Waals surface area (Å²) in [5, 5.41) is 4.41. The lowest BCUT2D eigenvalue weighted by atomic mass is 9.89. The van der Waals surface area contributed by atoms with Crippen LogP contribution in [0.5, 0.6) is 0 Å². The lowest BCUT2D eigenvalue weighted by Crippen LogP contribution is -2.45. The predicted octanol–water partition coefficient (Wildman–Crippen LogP) is 3.59. The highest BCUT2D eigenvalue weighted by molar-refractivity contribution is 5.99. The van der Waals surface area contributed by atoms with Gasteiger partial charge in [-0.25, -0.2) is 4.39 Å². The Balaban J connectivity index is 1.81. The van der Waals surface area contributed by atoms with Gasteiger partial charge in [0, 0.05) is 36.4 Å². The fraction of sp³-hybridized carbons (Fsp3) is 0.474. The normalized spacial score (nSPS) is 20.9. The summed E-state index contributed by atoms with van der Waals surface area (Å²) in [7, 11) is 0. The number of halogens is 1. The van der Waals surface area contributed by atoms with Crippen LogP contribution in [-0.4, -0.2) is 33.2 Å². The molecule has 0 saturated carbocycles. The zero-order chi connectivity index (χ0) is 18.1. The Hall–Kier alpha value is -2.37. The van der Waals surface area contributed by atoms with Gasteiger partial charge in [0.05, 0.1) is 11.8 Å². The third-order valence-corrected chi connectivity index (χ3v) is 5.01. The molecule has 5 nitrogen and oxygen atoms in total. The second-order valence-electron chi connectivity index (χ2n) is 7.16. The van der Waals surface area contributed by atoms with Crippen molar-refractivity contribution in [3.8, 4) is 0 Å². The number of anilines is 1. The van der Waals surface area contributed by atoms with E-state index in [-0.39, 0.29) is 23.6 Å². The number of nitrogen functional groups attached to an aromatic ring is 1. The van der Waals surface area contributed by atoms with Crippen LogP contribution in [0.4, 0.5) is 10.1 Å². The van der Waals surface area contributed by atoms with E-state index in [1.54, 1.807) is 0 Å². The number of amides is 1. The Bertz CT molecular complexity index is 771. The van der Waals surface area contributed by atoms with Crippen LogP contribution >= 0.6 is 0 Å². The standard InChI is InChI=1S/C19H25FN4O/c1-12(2)24-11-15(9-22-24)14-5-4-13(3)23(10-14)19(25)17-7-6-16(20)8-18(17)21/h6-9,11-14H,4-5,10,21H2,1-3H3/t13-,14?/m1/s1. The first-order valence-corrected chi connectivity index (χ1v) is 8.77. The molecule has 2 N–H and O–H groups in total. The molecule has 1 aromatic heterocycles. The number of rotatable bonds is 3. The number of nitrogens with two attached hydrogens (primary N) is 1. The Labute approximate surface area is 147 Å². The molecule has 25 heavy (non-hydrogen) atoms. The van der Waals surface area contributed by atoms with Crippen LogP contribution in [0.2, 0.25) is 0 Å². The van der Waals surface area contributed by atoms with Crippen LogP contribution in [0.25, 0.3) is 0 Å². The van der Waals surface area contributed by atoms with Gasteiger partial charge in [-0.15, -0.1) is 0 Å². The largest absolute Gasteiger partial charge is 0.398 e. The maximum absolute atomic E-state index is 13.3. The lowest BCUT2D eigenvalue weighted by molar-refractivity contribution is 0.0611. The van der Waals surface area contributed by atoms with E-state index in [0.717, 1.165) is 18.4 Å². The maximum atomic E-state index is 13.3. The molecule has 2 atom stereocenters. The van der Waals surface area contributed by atoms with Crippen molar-refractivity contribution in [1.29, 1.82) is 0 Å². The highest BCUT2D eigenvalue weighted by Gasteiger charge is 2.31. The third kappa shape index (κ3) is 3.52. The molecule has 2 heterocycles. The Morgan fingerprint density at radius 2 is 2.12 bits per heavy atom. The first-order chi connectivity index (χ1) is 11.9. The zero-order valence-electron chi connectivity index (χ0n) is 14.9. The Morgan fingerprint density at radius 3 is 2.76 bits per heavy atom. The van der Waals surface area contributed by atoms with Crippen LogP contribution in [-0.2, 0) is 0 Å². The van der Waals surface area contributed by atoms with Gasteiger partial charge in [0.15, 0.2) is 0 Å². The van der Waals surface area contributed by atoms with E-state index >= 15 is 0 Å². The number of carbonyl (C=O) groups excluding carboxylic acids is 1. The van der Waals surface area contributed by atoms with Crippen molar-refractivity contribution in [1.82, 2.24) is 14.7 Å². The fourth-order valence-corrected chi connectivity index (χ4v) is 3.39. The number of hydrogen-bond acceptors (Lipinski definition) is 3. The first-order valence-electron chi connectivity index (χ1n) is 8.77. The summed E-state index contributed by atoms with van der Waals surface area (Å²) < 4.78 is 15.2. The molecule has 1 aromatic carbocycles. The molecule has 0 spiro atoms. The van der Waals surface area contributed by atoms with Gasteiger partial charge in [-0.2, -0.15) is 5.10 Å². The SMILES string of the molecule is CC(C)n1cc(C2CC[C@@H](C)N(C(=O)c3ccc(F)cc3N)C2)cn1. The number of piperidine rings is 1. The first kappa shape index (κ1) is 17.5. The summed E-state index contributed by atoms with van der Waals surface area (Å²) in [6.07, 6.45) is 5.91. The molecule has 0 bridgehead atoms. The fourth-order valence-electron chi connectivity index (χ4n) is 3.39. The van der Waals surface area contributed by atoms with Crippen LogP contribution in [0.3, 0.4) is 0 Å². The molecular weight excluding hydrogens is 319 g/mol. The molecule has 6 heteroatoms. The van der Waals surface area contributed by atoms with Gasteiger partial charge < -0.3 is 10.6 Å². The summed E-state index contributed by atoms with van der Waals surface area (Å²) in [6, 6.07) is 4.40. The molecule has 0 radical (unpaired) electrons. The molecule has 1 aliphatic rings. The molecule has 2 aromatic rings. The van der Waals surface area contributed by atoms with Gasteiger partial charge in [-0.05, 0) is 57.4 Å². The Morgan fingerprint density at radius 1 is 1.36 bits per heavy atom. The number of nitrogens with zero attached hydrogens (tertiary/aromatic N) is 3. The summed E-state index contributed by atoms with van der Waals surface area (Å²) in [6.45, 7) is 6.85. The molecule has 0 aliphatic carbocycles. The molecule has 1 saturated heterocycles. The van der Waals surface area contributed by atoms with Gasteiger partial charge in [-0.1, -0.05) is 0 Å². The minimum absolute atomic E-state index is 0.133. The van der Waals surface area contributed by atoms with Crippen LogP contribution in [0.15, 0.2) is 30.6 Å². The number of likely N-dealkylation sites (tertiary alicyclic amines) is 1. The van der Waals surface area contributed by atoms with Crippen LogP contribution in [0.1, 0.15) is 61.5 Å². The van der Waals surface area contributed by atoms with Gasteiger partial charge in [0.2, 0.25) is 0 Å². The minimum Gasteiger partial charge on any atom is -0.398 e. The second-order valence-corrected chi connectivity index (χ2v) is 7.16. The van der Waals surface area contributed by atoms with Crippen molar-refractivity contribution in [2.45, 2.75) is 51.6 Å². The molecule has 134 valence electrons. The van der Waals surface area contributed by atoms with E-state index < -0.39 is 5.82 Å². The minimum atomic E-state index is -0.431. The van der Waals surface area contributed by atoms with E-state index in [0.29, 0.717) is 18.2 Å². The van der Waals surface area contributed by atoms with Crippen molar-refractivity contribution < 1.29 is 9.18 Å². The van der Waals surface area contributed by atoms with E-state index in [2.05, 4.69) is 25.1 Å². The van der Waals surface area contributed by atoms with E-state index in [1.807, 2.05) is 22.7 Å². The average molecular weight is 344 g/mol. The van der Waals surface area contributed by atoms with E-state index in [4.69, 9.17) is 5.73 Å². The maximum Gasteiger partial charge on any atom is 0.256 e. The lowest BCUT2D eigenvalue weighted by Gasteiger charge is -2.38. The monoisotopic (exact) mass is 344 g/mol. The van der Waals surface area contributed by atoms with Crippen molar-refractivity contribution in [3.05, 3.63) is 47.5 Å². The van der Waals surface area contributed by atoms with Gasteiger partial charge in [0.25, 0.3) is 5.91 Å². The highest BCUT2D eigenvalue weighted by atomic mass is 19.1. The predicted molar refractivity (Wildman–Crippen MR) is 95.9 cm³/mol. The second kappa shape index (κ2) is 6.86. The van der Waals surface area contributed by atoms with Gasteiger partial charge in [-0.3, -0.25) is 9.48 Å². The third-order valence-electron chi connectivity index (χ3n) is 5.01. The van der Waals surface area contributed by atoms with E-state index in [1.165, 1.54) is 18.2 Å². The molecule has 1 fully saturated rings. The quantitative estimate of drug-likeness (QED) is 0.866. The molecule has 3 rings (SSSR count). The van der Waals surface area contributed by atoms with E-state index in [9.17, 15) is 9.18 Å². The molecule has 1 aliphatic heterocycles. The zero-order valence-corrected chi connectivity index (χ0v) is 14.9. The summed E-state index contributed by atoms with van der Waals surface area (Å²) in [5.41, 5.74) is 7.57. The van der Waals surface area contributed by atoms with Crippen molar-refractivity contribution in [2.75, 3.05) is 12.3 Å². The number of carbonyl (C=O) groups is 1. The Kier molecular flexibility index (Phi) is 4.79. The topological polar surface area (TPSA) is 64.2 Å². The number of benzene rings is 1. The summed E-state index contributed by atoms with van der Waals surface area (Å²) in [4.78, 5) is 14.8. The summed E-state index contributed by atoms with van der Waals surface area (Å²) in [5.74, 6) is -0.306. The summed E-state index contributed by atoms with van der Waals surface area (Å²) >= 11 is 0. The number of aromatic nitrogens is 2. The molecular formula is C19H25FN4O. The molecule has 1 unspecified atom stereocenters. The van der Waals surface area contributed by atoms with Crippen molar-refractivity contribution >= 4 is 11.6 Å². The number of hydrogen-bond donors (Lipinski definition) is 1. The van der Waals surface area contributed by atoms with Crippen molar-refractivity contribution in [2.24, 2.45) is 0 Å². The van der Waals surface area contributed by atoms with Crippen molar-refractivity contribution in [3.63, 3.8) is 0 Å². The average Bonchev–Trinajstić information content (AvgIpc) is 3.05. The van der Waals surface area contributed by atoms with Crippen LogP contribution < -0.4 is 5.73 Å². The van der Waals surface area contributed by atoms with Gasteiger partial charge in [0.1, 0.15) is 5.82 Å². The van der Waals surface area contributed by atoms with Crippen LogP contribution in [0, 0.1) is 5.82 Å². The smallest absolute Gasteiger partial charge is 0.256 e. The molecule has 1 amide bonds. The van der Waals surface area contributed by atoms with Gasteiger partial charge >= 0.3 is 0 Å². The highest BCUT2D eigenvalue weighted by Crippen LogP contribution is 2.32.